The Balaban J connectivity index is 2.22. The number of hydrogen-bond acceptors (Lipinski definition) is 2. The van der Waals surface area contributed by atoms with E-state index in [0.717, 1.165) is 12.8 Å². The fraction of sp³-hybridized carbons (Fsp3) is 0.500. The molecule has 4 heteroatoms. The quantitative estimate of drug-likeness (QED) is 0.883. The minimum absolute atomic E-state index is 0.186. The van der Waals surface area contributed by atoms with Crippen molar-refractivity contribution in [2.24, 2.45) is 5.92 Å². The van der Waals surface area contributed by atoms with Crippen LogP contribution < -0.4 is 0 Å². The van der Waals surface area contributed by atoms with Crippen LogP contribution in [0.1, 0.15) is 24.5 Å². The van der Waals surface area contributed by atoms with Gasteiger partial charge in [-0.2, -0.15) is 0 Å². The summed E-state index contributed by atoms with van der Waals surface area (Å²) in [5.41, 5.74) is 0.651. The lowest BCUT2D eigenvalue weighted by Crippen LogP contribution is -2.22. The van der Waals surface area contributed by atoms with Crippen molar-refractivity contribution >= 4 is 23.2 Å². The minimum Gasteiger partial charge on any atom is -0.388 e. The molecule has 1 aliphatic heterocycles. The second-order valence-electron chi connectivity index (χ2n) is 4.03. The molecule has 0 bridgehead atoms. The molecule has 0 radical (unpaired) electrons. The Labute approximate surface area is 105 Å². The number of benzene rings is 1. The summed E-state index contributed by atoms with van der Waals surface area (Å²) in [7, 11) is 0. The smallest absolute Gasteiger partial charge is 0.0848 e. The molecule has 16 heavy (non-hydrogen) atoms. The summed E-state index contributed by atoms with van der Waals surface area (Å²) in [6.07, 6.45) is 1.11. The predicted octanol–water partition coefficient (Wildman–Crippen LogP) is 3.45. The van der Waals surface area contributed by atoms with E-state index in [-0.39, 0.29) is 5.92 Å². The Bertz CT molecular complexity index is 342. The molecular formula is C12H14Cl2O2. The molecule has 0 amide bonds. The van der Waals surface area contributed by atoms with Gasteiger partial charge in [-0.25, -0.2) is 0 Å². The van der Waals surface area contributed by atoms with Gasteiger partial charge in [0.2, 0.25) is 0 Å². The van der Waals surface area contributed by atoms with E-state index in [1.165, 1.54) is 0 Å². The number of aliphatic hydroxyl groups excluding tert-OH is 1. The molecule has 1 N–H and O–H groups in total. The van der Waals surface area contributed by atoms with Crippen molar-refractivity contribution in [3.05, 3.63) is 33.8 Å². The number of rotatable bonds is 2. The fourth-order valence-corrected chi connectivity index (χ4v) is 2.68. The van der Waals surface area contributed by atoms with E-state index in [1.54, 1.807) is 18.2 Å². The molecule has 1 atom stereocenters. The molecule has 0 spiro atoms. The topological polar surface area (TPSA) is 29.5 Å². The lowest BCUT2D eigenvalue weighted by Gasteiger charge is -2.27. The third-order valence-corrected chi connectivity index (χ3v) is 3.67. The average Bonchev–Trinajstić information content (AvgIpc) is 2.30. The van der Waals surface area contributed by atoms with Crippen LogP contribution in [0.3, 0.4) is 0 Å². The van der Waals surface area contributed by atoms with E-state index in [9.17, 15) is 5.11 Å². The van der Waals surface area contributed by atoms with Gasteiger partial charge in [0.15, 0.2) is 0 Å². The molecule has 0 aromatic heterocycles. The van der Waals surface area contributed by atoms with E-state index >= 15 is 0 Å². The van der Waals surface area contributed by atoms with E-state index in [4.69, 9.17) is 27.9 Å². The van der Waals surface area contributed by atoms with Gasteiger partial charge in [-0.05, 0) is 30.9 Å². The molecule has 1 aromatic carbocycles. The van der Waals surface area contributed by atoms with Crippen molar-refractivity contribution < 1.29 is 9.84 Å². The third kappa shape index (κ3) is 2.51. The zero-order valence-corrected chi connectivity index (χ0v) is 10.3. The molecule has 2 rings (SSSR count). The second-order valence-corrected chi connectivity index (χ2v) is 4.84. The first-order valence-electron chi connectivity index (χ1n) is 5.40. The highest BCUT2D eigenvalue weighted by Gasteiger charge is 2.26. The first-order chi connectivity index (χ1) is 7.70. The van der Waals surface area contributed by atoms with Crippen molar-refractivity contribution in [3.8, 4) is 0 Å². The first-order valence-corrected chi connectivity index (χ1v) is 6.15. The van der Waals surface area contributed by atoms with Crippen molar-refractivity contribution in [2.45, 2.75) is 18.9 Å². The van der Waals surface area contributed by atoms with Gasteiger partial charge in [0.1, 0.15) is 0 Å². The molecule has 1 unspecified atom stereocenters. The third-order valence-electron chi connectivity index (χ3n) is 3.01. The molecular weight excluding hydrogens is 247 g/mol. The average molecular weight is 261 g/mol. The largest absolute Gasteiger partial charge is 0.388 e. The Morgan fingerprint density at radius 3 is 2.31 bits per heavy atom. The van der Waals surface area contributed by atoms with Crippen LogP contribution in [-0.2, 0) is 4.74 Å². The lowest BCUT2D eigenvalue weighted by molar-refractivity contribution is 0.00726. The molecule has 0 saturated carbocycles. The monoisotopic (exact) mass is 260 g/mol. The number of hydrogen-bond donors (Lipinski definition) is 1. The predicted molar refractivity (Wildman–Crippen MR) is 65.0 cm³/mol. The van der Waals surface area contributed by atoms with Crippen LogP contribution in [0.5, 0.6) is 0 Å². The summed E-state index contributed by atoms with van der Waals surface area (Å²) >= 11 is 12.1. The highest BCUT2D eigenvalue weighted by atomic mass is 35.5. The summed E-state index contributed by atoms with van der Waals surface area (Å²) < 4.78 is 5.27. The Morgan fingerprint density at radius 2 is 1.75 bits per heavy atom. The van der Waals surface area contributed by atoms with Gasteiger partial charge in [0, 0.05) is 28.8 Å². The number of halogens is 2. The van der Waals surface area contributed by atoms with Gasteiger partial charge in [0.25, 0.3) is 0 Å². The van der Waals surface area contributed by atoms with Crippen LogP contribution in [0.25, 0.3) is 0 Å². The van der Waals surface area contributed by atoms with Gasteiger partial charge >= 0.3 is 0 Å². The van der Waals surface area contributed by atoms with Crippen molar-refractivity contribution in [1.29, 1.82) is 0 Å². The minimum atomic E-state index is -0.593. The maximum atomic E-state index is 10.3. The van der Waals surface area contributed by atoms with Gasteiger partial charge < -0.3 is 9.84 Å². The summed E-state index contributed by atoms with van der Waals surface area (Å²) in [6.45, 7) is 1.40. The van der Waals surface area contributed by atoms with Crippen molar-refractivity contribution in [2.75, 3.05) is 13.2 Å². The Hall–Kier alpha value is -0.280. The standard InChI is InChI=1S/C12H14Cl2O2/c13-9-2-1-3-10(14)11(9)12(15)8-4-6-16-7-5-8/h1-3,8,12,15H,4-7H2. The molecule has 1 fully saturated rings. The van der Waals surface area contributed by atoms with Crippen molar-refractivity contribution in [1.82, 2.24) is 0 Å². The van der Waals surface area contributed by atoms with E-state index in [1.807, 2.05) is 0 Å². The Morgan fingerprint density at radius 1 is 1.19 bits per heavy atom. The zero-order chi connectivity index (χ0) is 11.5. The van der Waals surface area contributed by atoms with Crippen LogP contribution in [-0.4, -0.2) is 18.3 Å². The molecule has 0 aliphatic carbocycles. The summed E-state index contributed by atoms with van der Waals surface area (Å²) in [5, 5.41) is 11.4. The molecule has 88 valence electrons. The van der Waals surface area contributed by atoms with Crippen LogP contribution in [0.2, 0.25) is 10.0 Å². The van der Waals surface area contributed by atoms with Gasteiger partial charge in [0.05, 0.1) is 6.10 Å². The normalized spacial score (nSPS) is 19.7. The van der Waals surface area contributed by atoms with Gasteiger partial charge in [-0.1, -0.05) is 29.3 Å². The summed E-state index contributed by atoms with van der Waals surface area (Å²) in [5.74, 6) is 0.186. The molecule has 2 nitrogen and oxygen atoms in total. The number of aliphatic hydroxyl groups is 1. The van der Waals surface area contributed by atoms with Gasteiger partial charge in [-0.3, -0.25) is 0 Å². The molecule has 1 heterocycles. The maximum Gasteiger partial charge on any atom is 0.0848 e. The zero-order valence-electron chi connectivity index (χ0n) is 8.83. The molecule has 1 aliphatic rings. The van der Waals surface area contributed by atoms with Crippen LogP contribution in [0, 0.1) is 5.92 Å². The highest BCUT2D eigenvalue weighted by molar-refractivity contribution is 6.36. The fourth-order valence-electron chi connectivity index (χ4n) is 2.06. The van der Waals surface area contributed by atoms with Gasteiger partial charge in [-0.15, -0.1) is 0 Å². The van der Waals surface area contributed by atoms with Crippen LogP contribution >= 0.6 is 23.2 Å². The second kappa shape index (κ2) is 5.37. The van der Waals surface area contributed by atoms with E-state index in [2.05, 4.69) is 0 Å². The highest BCUT2D eigenvalue weighted by Crippen LogP contribution is 2.37. The summed E-state index contributed by atoms with van der Waals surface area (Å²) in [6, 6.07) is 5.29. The van der Waals surface area contributed by atoms with Crippen LogP contribution in [0.15, 0.2) is 18.2 Å². The molecule has 1 aromatic rings. The van der Waals surface area contributed by atoms with E-state index in [0.29, 0.717) is 28.8 Å². The Kier molecular flexibility index (Phi) is 4.09. The number of ether oxygens (including phenoxy) is 1. The maximum absolute atomic E-state index is 10.3. The molecule has 1 saturated heterocycles. The lowest BCUT2D eigenvalue weighted by atomic mass is 9.89. The SMILES string of the molecule is OC(c1c(Cl)cccc1Cl)C1CCOCC1. The first kappa shape index (κ1) is 12.2. The summed E-state index contributed by atoms with van der Waals surface area (Å²) in [4.78, 5) is 0. The van der Waals surface area contributed by atoms with E-state index < -0.39 is 6.10 Å². The van der Waals surface area contributed by atoms with Crippen molar-refractivity contribution in [3.63, 3.8) is 0 Å². The van der Waals surface area contributed by atoms with Crippen LogP contribution in [0.4, 0.5) is 0 Å².